The lowest BCUT2D eigenvalue weighted by Crippen LogP contribution is -2.33. The van der Waals surface area contributed by atoms with E-state index >= 15 is 0 Å². The SMILES string of the molecule is Clc1cc(Cl)c2c(c1)[C@@H]1CC(c3ccc4ccccc4c3)=NN1[C@@H](c1ccccc1)O2. The van der Waals surface area contributed by atoms with E-state index in [1.165, 1.54) is 10.8 Å². The third-order valence-corrected chi connectivity index (χ3v) is 6.47. The highest BCUT2D eigenvalue weighted by Gasteiger charge is 2.42. The first-order valence-corrected chi connectivity index (χ1v) is 11.0. The van der Waals surface area contributed by atoms with Gasteiger partial charge < -0.3 is 4.74 Å². The average Bonchev–Trinajstić information content (AvgIpc) is 3.25. The van der Waals surface area contributed by atoms with E-state index < -0.39 is 0 Å². The minimum atomic E-state index is -0.352. The topological polar surface area (TPSA) is 24.8 Å². The van der Waals surface area contributed by atoms with E-state index in [9.17, 15) is 0 Å². The predicted molar refractivity (Wildman–Crippen MR) is 126 cm³/mol. The number of hydrogen-bond acceptors (Lipinski definition) is 3. The molecule has 3 nitrogen and oxygen atoms in total. The Morgan fingerprint density at radius 1 is 0.839 bits per heavy atom. The van der Waals surface area contributed by atoms with Crippen molar-refractivity contribution < 1.29 is 4.74 Å². The normalized spacial score (nSPS) is 19.5. The van der Waals surface area contributed by atoms with Gasteiger partial charge in [-0.05, 0) is 34.5 Å². The van der Waals surface area contributed by atoms with E-state index in [0.717, 1.165) is 28.8 Å². The van der Waals surface area contributed by atoms with Gasteiger partial charge in [0.1, 0.15) is 5.75 Å². The molecule has 0 saturated carbocycles. The summed E-state index contributed by atoms with van der Waals surface area (Å²) >= 11 is 12.9. The number of rotatable bonds is 2. The Balaban J connectivity index is 1.48. The number of halogens is 2. The molecule has 31 heavy (non-hydrogen) atoms. The Morgan fingerprint density at radius 2 is 1.61 bits per heavy atom. The van der Waals surface area contributed by atoms with Crippen molar-refractivity contribution in [3.05, 3.63) is 112 Å². The smallest absolute Gasteiger partial charge is 0.213 e. The van der Waals surface area contributed by atoms with Crippen LogP contribution < -0.4 is 4.74 Å². The molecule has 0 unspecified atom stereocenters. The summed E-state index contributed by atoms with van der Waals surface area (Å²) in [7, 11) is 0. The van der Waals surface area contributed by atoms with Crippen molar-refractivity contribution in [2.45, 2.75) is 18.7 Å². The molecule has 0 bridgehead atoms. The molecule has 4 aromatic rings. The van der Waals surface area contributed by atoms with Gasteiger partial charge in [-0.25, -0.2) is 5.01 Å². The fourth-order valence-electron chi connectivity index (χ4n) is 4.50. The molecular formula is C26H18Cl2N2O. The van der Waals surface area contributed by atoms with Crippen molar-refractivity contribution in [2.24, 2.45) is 5.10 Å². The predicted octanol–water partition coefficient (Wildman–Crippen LogP) is 7.39. The van der Waals surface area contributed by atoms with Crippen LogP contribution >= 0.6 is 23.2 Å². The van der Waals surface area contributed by atoms with E-state index in [0.29, 0.717) is 15.8 Å². The van der Waals surface area contributed by atoms with E-state index in [1.807, 2.05) is 24.3 Å². The Kier molecular flexibility index (Phi) is 4.41. The molecule has 0 radical (unpaired) electrons. The Labute approximate surface area is 190 Å². The standard InChI is InChI=1S/C26H18Cl2N2O/c27-20-13-21-24-15-23(19-11-10-16-6-4-5-9-18(16)12-19)29-30(24)26(17-7-2-1-3-8-17)31-25(21)22(28)14-20/h1-14,24,26H,15H2/t24-,26+/m0/s1. The third-order valence-electron chi connectivity index (χ3n) is 5.98. The van der Waals surface area contributed by atoms with Crippen LogP contribution in [0.15, 0.2) is 90.0 Å². The second-order valence-corrected chi connectivity index (χ2v) is 8.74. The molecule has 2 aliphatic rings. The molecule has 152 valence electrons. The van der Waals surface area contributed by atoms with Crippen molar-refractivity contribution in [2.75, 3.05) is 0 Å². The fourth-order valence-corrected chi connectivity index (χ4v) is 5.05. The summed E-state index contributed by atoms with van der Waals surface area (Å²) < 4.78 is 6.40. The molecule has 2 aliphatic heterocycles. The molecule has 0 spiro atoms. The Hall–Kier alpha value is -3.01. The van der Waals surface area contributed by atoms with Gasteiger partial charge in [0.25, 0.3) is 0 Å². The third kappa shape index (κ3) is 3.16. The van der Waals surface area contributed by atoms with Crippen molar-refractivity contribution >= 4 is 39.7 Å². The molecule has 0 fully saturated rings. The van der Waals surface area contributed by atoms with Gasteiger partial charge in [0, 0.05) is 22.6 Å². The first-order valence-electron chi connectivity index (χ1n) is 10.2. The molecule has 4 aromatic carbocycles. The number of hydrazone groups is 1. The van der Waals surface area contributed by atoms with E-state index in [-0.39, 0.29) is 12.3 Å². The Morgan fingerprint density at radius 3 is 2.45 bits per heavy atom. The maximum Gasteiger partial charge on any atom is 0.213 e. The van der Waals surface area contributed by atoms with Crippen LogP contribution in [0.5, 0.6) is 5.75 Å². The number of hydrogen-bond donors (Lipinski definition) is 0. The molecule has 6 rings (SSSR count). The van der Waals surface area contributed by atoms with E-state index in [2.05, 4.69) is 59.6 Å². The van der Waals surface area contributed by atoms with Crippen LogP contribution in [-0.2, 0) is 0 Å². The maximum absolute atomic E-state index is 6.54. The summed E-state index contributed by atoms with van der Waals surface area (Å²) in [6, 6.07) is 28.7. The molecule has 5 heteroatoms. The average molecular weight is 445 g/mol. The van der Waals surface area contributed by atoms with Gasteiger partial charge >= 0.3 is 0 Å². The van der Waals surface area contributed by atoms with Crippen LogP contribution in [0.1, 0.15) is 35.4 Å². The zero-order valence-electron chi connectivity index (χ0n) is 16.5. The molecular weight excluding hydrogens is 427 g/mol. The molecule has 0 amide bonds. The maximum atomic E-state index is 6.54. The van der Waals surface area contributed by atoms with E-state index in [1.54, 1.807) is 6.07 Å². The zero-order chi connectivity index (χ0) is 20.9. The number of nitrogens with zero attached hydrogens (tertiary/aromatic N) is 2. The molecule has 0 saturated heterocycles. The monoisotopic (exact) mass is 444 g/mol. The number of ether oxygens (including phenoxy) is 1. The summed E-state index contributed by atoms with van der Waals surface area (Å²) in [4.78, 5) is 0. The van der Waals surface area contributed by atoms with Crippen LogP contribution in [0.3, 0.4) is 0 Å². The first kappa shape index (κ1) is 18.7. The van der Waals surface area contributed by atoms with Crippen LogP contribution in [0.25, 0.3) is 10.8 Å². The van der Waals surface area contributed by atoms with Crippen LogP contribution in [0.2, 0.25) is 10.0 Å². The highest BCUT2D eigenvalue weighted by molar-refractivity contribution is 6.35. The van der Waals surface area contributed by atoms with E-state index in [4.69, 9.17) is 33.0 Å². The Bertz CT molecular complexity index is 1340. The van der Waals surface area contributed by atoms with Crippen molar-refractivity contribution in [3.63, 3.8) is 0 Å². The van der Waals surface area contributed by atoms with Gasteiger partial charge in [-0.3, -0.25) is 0 Å². The summed E-state index contributed by atoms with van der Waals surface area (Å²) in [5, 5.41) is 10.6. The quantitative estimate of drug-likeness (QED) is 0.321. The summed E-state index contributed by atoms with van der Waals surface area (Å²) in [6.07, 6.45) is 0.407. The minimum absolute atomic E-state index is 0.00614. The summed E-state index contributed by atoms with van der Waals surface area (Å²) in [6.45, 7) is 0. The summed E-state index contributed by atoms with van der Waals surface area (Å²) in [5.74, 6) is 0.691. The molecule has 0 aromatic heterocycles. The lowest BCUT2D eigenvalue weighted by Gasteiger charge is -2.38. The second-order valence-electron chi connectivity index (χ2n) is 7.90. The van der Waals surface area contributed by atoms with Gasteiger partial charge in [-0.2, -0.15) is 5.10 Å². The van der Waals surface area contributed by atoms with Gasteiger partial charge in [0.2, 0.25) is 6.23 Å². The first-order chi connectivity index (χ1) is 15.2. The fraction of sp³-hybridized carbons (Fsp3) is 0.115. The van der Waals surface area contributed by atoms with Gasteiger partial charge in [0.15, 0.2) is 0 Å². The lowest BCUT2D eigenvalue weighted by molar-refractivity contribution is -0.0189. The number of fused-ring (bicyclic) bond motifs is 4. The second kappa shape index (κ2) is 7.30. The largest absolute Gasteiger partial charge is 0.463 e. The summed E-state index contributed by atoms with van der Waals surface area (Å²) in [5.41, 5.74) is 4.16. The van der Waals surface area contributed by atoms with Crippen molar-refractivity contribution in [1.29, 1.82) is 0 Å². The molecule has 2 heterocycles. The lowest BCUT2D eigenvalue weighted by atomic mass is 9.95. The van der Waals surface area contributed by atoms with Crippen molar-refractivity contribution in [3.8, 4) is 5.75 Å². The van der Waals surface area contributed by atoms with Crippen LogP contribution in [0.4, 0.5) is 0 Å². The number of benzene rings is 4. The van der Waals surface area contributed by atoms with Crippen molar-refractivity contribution in [1.82, 2.24) is 5.01 Å². The van der Waals surface area contributed by atoms with Gasteiger partial charge in [-0.15, -0.1) is 0 Å². The zero-order valence-corrected chi connectivity index (χ0v) is 18.0. The molecule has 0 aliphatic carbocycles. The highest BCUT2D eigenvalue weighted by atomic mass is 35.5. The molecule has 2 atom stereocenters. The minimum Gasteiger partial charge on any atom is -0.463 e. The van der Waals surface area contributed by atoms with Gasteiger partial charge in [0.05, 0.1) is 16.8 Å². The molecule has 0 N–H and O–H groups in total. The van der Waals surface area contributed by atoms with Gasteiger partial charge in [-0.1, -0.05) is 89.9 Å². The highest BCUT2D eigenvalue weighted by Crippen LogP contribution is 2.50. The van der Waals surface area contributed by atoms with Crippen LogP contribution in [-0.4, -0.2) is 10.7 Å². The van der Waals surface area contributed by atoms with Crippen LogP contribution in [0, 0.1) is 0 Å².